The molecule has 1 aromatic carbocycles. The second-order valence-corrected chi connectivity index (χ2v) is 4.08. The highest BCUT2D eigenvalue weighted by Gasteiger charge is 2.05. The van der Waals surface area contributed by atoms with Gasteiger partial charge in [-0.2, -0.15) is 5.26 Å². The summed E-state index contributed by atoms with van der Waals surface area (Å²) in [6.07, 6.45) is 1.62. The molecule has 18 heavy (non-hydrogen) atoms. The fourth-order valence-corrected chi connectivity index (χ4v) is 1.64. The van der Waals surface area contributed by atoms with Crippen molar-refractivity contribution in [2.75, 3.05) is 11.1 Å². The Morgan fingerprint density at radius 1 is 1.22 bits per heavy atom. The molecule has 0 aliphatic carbocycles. The zero-order valence-electron chi connectivity index (χ0n) is 10.1. The molecule has 1 aromatic heterocycles. The number of nitrogens with two attached hydrogens (primary N) is 1. The van der Waals surface area contributed by atoms with Crippen LogP contribution in [0.5, 0.6) is 0 Å². The first-order valence-electron chi connectivity index (χ1n) is 5.67. The number of rotatable bonds is 3. The van der Waals surface area contributed by atoms with Crippen LogP contribution in [-0.2, 0) is 0 Å². The van der Waals surface area contributed by atoms with E-state index in [1.807, 2.05) is 37.3 Å². The van der Waals surface area contributed by atoms with Gasteiger partial charge in [-0.15, -0.1) is 0 Å². The van der Waals surface area contributed by atoms with E-state index in [0.29, 0.717) is 11.3 Å². The van der Waals surface area contributed by atoms with Crippen molar-refractivity contribution in [3.8, 4) is 6.07 Å². The molecule has 2 rings (SSSR count). The van der Waals surface area contributed by atoms with Crippen molar-refractivity contribution in [3.63, 3.8) is 0 Å². The van der Waals surface area contributed by atoms with Gasteiger partial charge in [0.05, 0.1) is 23.5 Å². The molecule has 0 fully saturated rings. The monoisotopic (exact) mass is 238 g/mol. The Hall–Kier alpha value is -2.54. The Morgan fingerprint density at radius 2 is 1.94 bits per heavy atom. The van der Waals surface area contributed by atoms with Gasteiger partial charge in [-0.25, -0.2) is 4.98 Å². The zero-order chi connectivity index (χ0) is 13.0. The SMILES string of the molecule is CC(Nc1ccc(N)cn1)c1ccc(C#N)cc1. The minimum atomic E-state index is 0.119. The number of aromatic nitrogens is 1. The summed E-state index contributed by atoms with van der Waals surface area (Å²) in [7, 11) is 0. The van der Waals surface area contributed by atoms with Crippen LogP contribution in [-0.4, -0.2) is 4.98 Å². The number of anilines is 2. The average Bonchev–Trinajstić information content (AvgIpc) is 2.41. The Bertz CT molecular complexity index is 552. The summed E-state index contributed by atoms with van der Waals surface area (Å²) < 4.78 is 0. The molecule has 0 spiro atoms. The van der Waals surface area contributed by atoms with Gasteiger partial charge in [0, 0.05) is 6.04 Å². The lowest BCUT2D eigenvalue weighted by Crippen LogP contribution is -2.07. The first-order valence-corrected chi connectivity index (χ1v) is 5.67. The van der Waals surface area contributed by atoms with Crippen LogP contribution in [0.4, 0.5) is 11.5 Å². The first-order chi connectivity index (χ1) is 8.69. The predicted molar refractivity (Wildman–Crippen MR) is 71.8 cm³/mol. The van der Waals surface area contributed by atoms with Gasteiger partial charge in [0.15, 0.2) is 0 Å². The highest BCUT2D eigenvalue weighted by molar-refractivity contribution is 5.45. The van der Waals surface area contributed by atoms with E-state index in [2.05, 4.69) is 16.4 Å². The van der Waals surface area contributed by atoms with E-state index in [0.717, 1.165) is 11.4 Å². The van der Waals surface area contributed by atoms with Crippen LogP contribution < -0.4 is 11.1 Å². The number of benzene rings is 1. The van der Waals surface area contributed by atoms with E-state index in [4.69, 9.17) is 11.0 Å². The van der Waals surface area contributed by atoms with Gasteiger partial charge in [0.2, 0.25) is 0 Å². The van der Waals surface area contributed by atoms with E-state index in [-0.39, 0.29) is 6.04 Å². The van der Waals surface area contributed by atoms with Gasteiger partial charge < -0.3 is 11.1 Å². The Labute approximate surface area is 106 Å². The van der Waals surface area contributed by atoms with Crippen molar-refractivity contribution in [2.45, 2.75) is 13.0 Å². The second-order valence-electron chi connectivity index (χ2n) is 4.08. The van der Waals surface area contributed by atoms with Crippen LogP contribution >= 0.6 is 0 Å². The molecule has 0 amide bonds. The maximum absolute atomic E-state index is 8.74. The minimum Gasteiger partial charge on any atom is -0.397 e. The number of nitriles is 1. The summed E-state index contributed by atoms with van der Waals surface area (Å²) in [6, 6.07) is 13.4. The summed E-state index contributed by atoms with van der Waals surface area (Å²) in [5.74, 6) is 0.779. The molecule has 1 heterocycles. The van der Waals surface area contributed by atoms with Crippen molar-refractivity contribution in [1.82, 2.24) is 4.98 Å². The summed E-state index contributed by atoms with van der Waals surface area (Å²) >= 11 is 0. The fourth-order valence-electron chi connectivity index (χ4n) is 1.64. The highest BCUT2D eigenvalue weighted by Crippen LogP contribution is 2.18. The summed E-state index contributed by atoms with van der Waals surface area (Å²) in [5.41, 5.74) is 7.99. The maximum atomic E-state index is 8.74. The van der Waals surface area contributed by atoms with E-state index in [1.165, 1.54) is 0 Å². The van der Waals surface area contributed by atoms with E-state index in [1.54, 1.807) is 12.3 Å². The van der Waals surface area contributed by atoms with Gasteiger partial charge in [0.1, 0.15) is 5.82 Å². The molecule has 0 saturated carbocycles. The number of hydrogen-bond acceptors (Lipinski definition) is 4. The van der Waals surface area contributed by atoms with E-state index >= 15 is 0 Å². The molecule has 90 valence electrons. The van der Waals surface area contributed by atoms with Gasteiger partial charge in [0.25, 0.3) is 0 Å². The van der Waals surface area contributed by atoms with Gasteiger partial charge in [-0.3, -0.25) is 0 Å². The van der Waals surface area contributed by atoms with Crippen LogP contribution in [0.3, 0.4) is 0 Å². The maximum Gasteiger partial charge on any atom is 0.126 e. The lowest BCUT2D eigenvalue weighted by molar-refractivity contribution is 0.874. The number of pyridine rings is 1. The first kappa shape index (κ1) is 11.9. The van der Waals surface area contributed by atoms with Crippen molar-refractivity contribution >= 4 is 11.5 Å². The van der Waals surface area contributed by atoms with Crippen molar-refractivity contribution in [2.24, 2.45) is 0 Å². The van der Waals surface area contributed by atoms with Crippen LogP contribution in [0.25, 0.3) is 0 Å². The van der Waals surface area contributed by atoms with E-state index < -0.39 is 0 Å². The standard InChI is InChI=1S/C14H14N4/c1-10(12-4-2-11(8-15)3-5-12)18-14-7-6-13(16)9-17-14/h2-7,9-10H,16H2,1H3,(H,17,18). The van der Waals surface area contributed by atoms with Crippen LogP contribution in [0.1, 0.15) is 24.1 Å². The third kappa shape index (κ3) is 2.77. The van der Waals surface area contributed by atoms with Crippen LogP contribution in [0, 0.1) is 11.3 Å². The predicted octanol–water partition coefficient (Wildman–Crippen LogP) is 2.71. The molecule has 1 unspecified atom stereocenters. The quantitative estimate of drug-likeness (QED) is 0.862. The van der Waals surface area contributed by atoms with Crippen molar-refractivity contribution in [3.05, 3.63) is 53.7 Å². The van der Waals surface area contributed by atoms with Crippen molar-refractivity contribution in [1.29, 1.82) is 5.26 Å². The smallest absolute Gasteiger partial charge is 0.126 e. The number of nitrogens with one attached hydrogen (secondary N) is 1. The molecule has 2 aromatic rings. The van der Waals surface area contributed by atoms with Crippen LogP contribution in [0.15, 0.2) is 42.6 Å². The summed E-state index contributed by atoms with van der Waals surface area (Å²) in [5, 5.41) is 12.0. The molecule has 0 bridgehead atoms. The van der Waals surface area contributed by atoms with Gasteiger partial charge >= 0.3 is 0 Å². The van der Waals surface area contributed by atoms with Crippen molar-refractivity contribution < 1.29 is 0 Å². The number of nitrogen functional groups attached to an aromatic ring is 1. The van der Waals surface area contributed by atoms with E-state index in [9.17, 15) is 0 Å². The zero-order valence-corrected chi connectivity index (χ0v) is 10.1. The largest absolute Gasteiger partial charge is 0.397 e. The number of nitrogens with zero attached hydrogens (tertiary/aromatic N) is 2. The minimum absolute atomic E-state index is 0.119. The average molecular weight is 238 g/mol. The molecule has 0 aliphatic rings. The molecule has 3 N–H and O–H groups in total. The number of hydrogen-bond donors (Lipinski definition) is 2. The summed E-state index contributed by atoms with van der Waals surface area (Å²) in [6.45, 7) is 2.04. The van der Waals surface area contributed by atoms with Crippen LogP contribution in [0.2, 0.25) is 0 Å². The molecule has 4 nitrogen and oxygen atoms in total. The molecular formula is C14H14N4. The topological polar surface area (TPSA) is 74.7 Å². The lowest BCUT2D eigenvalue weighted by atomic mass is 10.1. The summed E-state index contributed by atoms with van der Waals surface area (Å²) in [4.78, 5) is 4.19. The normalized spacial score (nSPS) is 11.6. The Balaban J connectivity index is 2.09. The van der Waals surface area contributed by atoms with Gasteiger partial charge in [-0.1, -0.05) is 12.1 Å². The molecule has 1 atom stereocenters. The third-order valence-corrected chi connectivity index (χ3v) is 2.69. The molecule has 0 radical (unpaired) electrons. The molecule has 0 saturated heterocycles. The molecular weight excluding hydrogens is 224 g/mol. The fraction of sp³-hybridized carbons (Fsp3) is 0.143. The Kier molecular flexibility index (Phi) is 3.44. The molecule has 4 heteroatoms. The lowest BCUT2D eigenvalue weighted by Gasteiger charge is -2.14. The highest BCUT2D eigenvalue weighted by atomic mass is 15.0. The Morgan fingerprint density at radius 3 is 2.50 bits per heavy atom. The molecule has 0 aliphatic heterocycles. The third-order valence-electron chi connectivity index (χ3n) is 2.69. The van der Waals surface area contributed by atoms with Gasteiger partial charge in [-0.05, 0) is 36.8 Å². The second kappa shape index (κ2) is 5.19.